The number of carbonyl (C=O) groups is 1. The van der Waals surface area contributed by atoms with Crippen LogP contribution in [0.4, 0.5) is 10.6 Å². The van der Waals surface area contributed by atoms with E-state index in [1.165, 1.54) is 0 Å². The molecule has 4 rings (SSSR count). The quantitative estimate of drug-likeness (QED) is 0.753. The van der Waals surface area contributed by atoms with E-state index in [0.717, 1.165) is 74.1 Å². The van der Waals surface area contributed by atoms with Crippen LogP contribution >= 0.6 is 0 Å². The lowest BCUT2D eigenvalue weighted by atomic mass is 9.89. The number of fused-ring (bicyclic) bond motifs is 1. The van der Waals surface area contributed by atoms with E-state index in [0.29, 0.717) is 18.5 Å². The first kappa shape index (κ1) is 23.2. The molecule has 0 atom stereocenters. The Labute approximate surface area is 195 Å². The van der Waals surface area contributed by atoms with Gasteiger partial charge in [0.25, 0.3) is 0 Å². The predicted octanol–water partition coefficient (Wildman–Crippen LogP) is 3.97. The molecule has 1 aliphatic carbocycles. The van der Waals surface area contributed by atoms with E-state index in [-0.39, 0.29) is 6.09 Å². The van der Waals surface area contributed by atoms with Crippen LogP contribution in [0, 0.1) is 11.3 Å². The summed E-state index contributed by atoms with van der Waals surface area (Å²) in [4.78, 5) is 25.5. The Kier molecular flexibility index (Phi) is 6.99. The Hall–Kier alpha value is -2.92. The topological polar surface area (TPSA) is 94.4 Å². The number of nitrogens with one attached hydrogen (secondary N) is 1. The second-order valence-electron chi connectivity index (χ2n) is 10.1. The van der Waals surface area contributed by atoms with Gasteiger partial charge in [0.1, 0.15) is 17.7 Å². The van der Waals surface area contributed by atoms with Crippen LogP contribution in [0.2, 0.25) is 0 Å². The first-order valence-electron chi connectivity index (χ1n) is 11.9. The maximum atomic E-state index is 12.3. The summed E-state index contributed by atoms with van der Waals surface area (Å²) in [6.45, 7) is 8.98. The zero-order valence-electron chi connectivity index (χ0n) is 19.9. The molecule has 1 N–H and O–H groups in total. The summed E-state index contributed by atoms with van der Waals surface area (Å²) in [5.74, 6) is 0.856. The normalized spacial score (nSPS) is 22.1. The van der Waals surface area contributed by atoms with Gasteiger partial charge in [0.15, 0.2) is 0 Å². The molecule has 0 radical (unpaired) electrons. The molecule has 1 amide bonds. The standard InChI is InChI=1S/C25H34N6O2/c1-25(2,3)33-24(32)31-14-12-30(13-15-31)20-7-5-19(6-8-20)29-23-21-16-18(10-11-26)4-9-22(21)27-17-28-23/h4,9,16-17,19-20H,5-8,10,12-15H2,1-3H3,(H,27,28,29)/t19-,20-. The first-order chi connectivity index (χ1) is 15.8. The summed E-state index contributed by atoms with van der Waals surface area (Å²) in [6, 6.07) is 9.09. The van der Waals surface area contributed by atoms with Gasteiger partial charge in [-0.15, -0.1) is 0 Å². The third kappa shape index (κ3) is 5.91. The van der Waals surface area contributed by atoms with E-state index in [2.05, 4.69) is 26.3 Å². The van der Waals surface area contributed by atoms with Gasteiger partial charge in [0.2, 0.25) is 0 Å². The molecule has 1 aromatic carbocycles. The molecule has 1 saturated heterocycles. The minimum Gasteiger partial charge on any atom is -0.444 e. The van der Waals surface area contributed by atoms with Crippen LogP contribution < -0.4 is 5.32 Å². The van der Waals surface area contributed by atoms with Gasteiger partial charge in [-0.3, -0.25) is 4.90 Å². The Bertz CT molecular complexity index is 1010. The van der Waals surface area contributed by atoms with Crippen LogP contribution in [0.3, 0.4) is 0 Å². The fraction of sp³-hybridized carbons (Fsp3) is 0.600. The number of nitriles is 1. The van der Waals surface area contributed by atoms with Gasteiger partial charge in [-0.25, -0.2) is 14.8 Å². The van der Waals surface area contributed by atoms with Crippen molar-refractivity contribution in [3.05, 3.63) is 30.1 Å². The molecule has 0 bridgehead atoms. The molecule has 1 aromatic heterocycles. The molecule has 8 nitrogen and oxygen atoms in total. The van der Waals surface area contributed by atoms with E-state index in [1.807, 2.05) is 43.9 Å². The number of hydrogen-bond acceptors (Lipinski definition) is 7. The van der Waals surface area contributed by atoms with E-state index in [9.17, 15) is 4.79 Å². The van der Waals surface area contributed by atoms with Gasteiger partial charge in [0.05, 0.1) is 18.0 Å². The highest BCUT2D eigenvalue weighted by atomic mass is 16.6. The van der Waals surface area contributed by atoms with Crippen molar-refractivity contribution < 1.29 is 9.53 Å². The molecular formula is C25H34N6O2. The van der Waals surface area contributed by atoms with Gasteiger partial charge in [0, 0.05) is 43.6 Å². The average Bonchev–Trinajstić information content (AvgIpc) is 2.79. The summed E-state index contributed by atoms with van der Waals surface area (Å²) in [5, 5.41) is 13.6. The maximum absolute atomic E-state index is 12.3. The zero-order valence-corrected chi connectivity index (χ0v) is 19.9. The molecule has 2 aromatic rings. The van der Waals surface area contributed by atoms with Gasteiger partial charge < -0.3 is 15.0 Å². The summed E-state index contributed by atoms with van der Waals surface area (Å²) >= 11 is 0. The van der Waals surface area contributed by atoms with Gasteiger partial charge >= 0.3 is 6.09 Å². The highest BCUT2D eigenvalue weighted by Gasteiger charge is 2.31. The molecule has 0 spiro atoms. The molecule has 8 heteroatoms. The third-order valence-corrected chi connectivity index (χ3v) is 6.50. The number of ether oxygens (including phenoxy) is 1. The molecule has 33 heavy (non-hydrogen) atoms. The van der Waals surface area contributed by atoms with Crippen LogP contribution in [-0.4, -0.2) is 69.7 Å². The highest BCUT2D eigenvalue weighted by molar-refractivity contribution is 5.89. The Morgan fingerprint density at radius 2 is 1.88 bits per heavy atom. The fourth-order valence-electron chi connectivity index (χ4n) is 4.79. The van der Waals surface area contributed by atoms with E-state index in [4.69, 9.17) is 10.00 Å². The van der Waals surface area contributed by atoms with Crippen LogP contribution in [0.15, 0.2) is 24.5 Å². The van der Waals surface area contributed by atoms with Crippen molar-refractivity contribution in [1.82, 2.24) is 19.8 Å². The van der Waals surface area contributed by atoms with Crippen LogP contribution in [0.25, 0.3) is 10.9 Å². The SMILES string of the molecule is CC(C)(C)OC(=O)N1CCN([C@H]2CC[C@H](Nc3ncnc4ccc(CC#N)cc34)CC2)CC1. The van der Waals surface area contributed by atoms with Crippen molar-refractivity contribution in [3.63, 3.8) is 0 Å². The predicted molar refractivity (Wildman–Crippen MR) is 128 cm³/mol. The zero-order chi connectivity index (χ0) is 23.4. The Balaban J connectivity index is 1.29. The van der Waals surface area contributed by atoms with Crippen molar-refractivity contribution >= 4 is 22.8 Å². The summed E-state index contributed by atoms with van der Waals surface area (Å²) < 4.78 is 5.51. The van der Waals surface area contributed by atoms with E-state index < -0.39 is 5.60 Å². The van der Waals surface area contributed by atoms with Crippen LogP contribution in [-0.2, 0) is 11.2 Å². The molecule has 176 valence electrons. The molecule has 2 heterocycles. The molecule has 0 unspecified atom stereocenters. The lowest BCUT2D eigenvalue weighted by molar-refractivity contribution is 0.00806. The van der Waals surface area contributed by atoms with Crippen LogP contribution in [0.5, 0.6) is 0 Å². The summed E-state index contributed by atoms with van der Waals surface area (Å²) in [7, 11) is 0. The molecule has 1 aliphatic heterocycles. The van der Waals surface area contributed by atoms with Crippen molar-refractivity contribution in [1.29, 1.82) is 5.26 Å². The molecule has 2 aliphatic rings. The Morgan fingerprint density at radius 1 is 1.15 bits per heavy atom. The lowest BCUT2D eigenvalue weighted by Crippen LogP contribution is -2.53. The summed E-state index contributed by atoms with van der Waals surface area (Å²) in [6.07, 6.45) is 6.21. The maximum Gasteiger partial charge on any atom is 0.410 e. The average molecular weight is 451 g/mol. The molecular weight excluding hydrogens is 416 g/mol. The number of rotatable bonds is 4. The minimum absolute atomic E-state index is 0.204. The largest absolute Gasteiger partial charge is 0.444 e. The minimum atomic E-state index is -0.452. The fourth-order valence-corrected chi connectivity index (χ4v) is 4.79. The number of anilines is 1. The second-order valence-corrected chi connectivity index (χ2v) is 10.1. The number of nitrogens with zero attached hydrogens (tertiary/aromatic N) is 5. The summed E-state index contributed by atoms with van der Waals surface area (Å²) in [5.41, 5.74) is 1.43. The number of aromatic nitrogens is 2. The number of carbonyl (C=O) groups excluding carboxylic acids is 1. The van der Waals surface area contributed by atoms with Gasteiger partial charge in [-0.1, -0.05) is 6.07 Å². The van der Waals surface area contributed by atoms with Crippen molar-refractivity contribution in [2.45, 2.75) is 70.6 Å². The number of amides is 1. The van der Waals surface area contributed by atoms with Crippen molar-refractivity contribution in [2.24, 2.45) is 0 Å². The smallest absolute Gasteiger partial charge is 0.410 e. The monoisotopic (exact) mass is 450 g/mol. The molecule has 1 saturated carbocycles. The van der Waals surface area contributed by atoms with Crippen molar-refractivity contribution in [3.8, 4) is 6.07 Å². The van der Waals surface area contributed by atoms with Crippen molar-refractivity contribution in [2.75, 3.05) is 31.5 Å². The number of piperazine rings is 1. The van der Waals surface area contributed by atoms with E-state index in [1.54, 1.807) is 6.33 Å². The number of benzene rings is 1. The third-order valence-electron chi connectivity index (χ3n) is 6.50. The Morgan fingerprint density at radius 3 is 2.55 bits per heavy atom. The molecule has 2 fully saturated rings. The number of hydrogen-bond donors (Lipinski definition) is 1. The van der Waals surface area contributed by atoms with Gasteiger partial charge in [-0.2, -0.15) is 5.26 Å². The van der Waals surface area contributed by atoms with Crippen LogP contribution in [0.1, 0.15) is 52.0 Å². The second kappa shape index (κ2) is 9.92. The van der Waals surface area contributed by atoms with E-state index >= 15 is 0 Å². The highest BCUT2D eigenvalue weighted by Crippen LogP contribution is 2.28. The van der Waals surface area contributed by atoms with Gasteiger partial charge in [-0.05, 0) is 64.2 Å². The first-order valence-corrected chi connectivity index (χ1v) is 11.9. The lowest BCUT2D eigenvalue weighted by Gasteiger charge is -2.42.